The van der Waals surface area contributed by atoms with Crippen LogP contribution in [0.15, 0.2) is 30.3 Å². The minimum Gasteiger partial charge on any atom is -0.272 e. The first-order valence-corrected chi connectivity index (χ1v) is 7.40. The SMILES string of the molecule is CC(C)(CCl)C(=O)N(NC(=O)c1ccccc1)C(C)(C)C. The number of hydrogen-bond donors (Lipinski definition) is 1. The summed E-state index contributed by atoms with van der Waals surface area (Å²) in [5.74, 6) is -0.349. The van der Waals surface area contributed by atoms with E-state index in [0.717, 1.165) is 0 Å². The van der Waals surface area contributed by atoms with E-state index < -0.39 is 11.0 Å². The van der Waals surface area contributed by atoms with Gasteiger partial charge in [0.05, 0.1) is 11.0 Å². The molecule has 0 spiro atoms. The molecule has 1 aromatic rings. The number of nitrogens with zero attached hydrogens (tertiary/aromatic N) is 1. The van der Waals surface area contributed by atoms with E-state index in [2.05, 4.69) is 5.43 Å². The molecule has 0 aromatic heterocycles. The van der Waals surface area contributed by atoms with Crippen LogP contribution >= 0.6 is 11.6 Å². The zero-order chi connectivity index (χ0) is 16.3. The zero-order valence-corrected chi connectivity index (χ0v) is 14.0. The van der Waals surface area contributed by atoms with E-state index >= 15 is 0 Å². The molecule has 2 amide bonds. The van der Waals surface area contributed by atoms with E-state index in [-0.39, 0.29) is 17.7 Å². The molecule has 0 unspecified atom stereocenters. The standard InChI is InChI=1S/C16H23ClN2O2/c1-15(2,3)19(14(21)16(4,5)11-17)18-13(20)12-9-7-6-8-10-12/h6-10H,11H2,1-5H3,(H,18,20). The third-order valence-corrected chi connectivity index (χ3v) is 3.70. The number of nitrogens with one attached hydrogen (secondary N) is 1. The van der Waals surface area contributed by atoms with Gasteiger partial charge in [0.2, 0.25) is 5.91 Å². The second-order valence-corrected chi connectivity index (χ2v) is 6.90. The highest BCUT2D eigenvalue weighted by Crippen LogP contribution is 2.24. The monoisotopic (exact) mass is 310 g/mol. The Kier molecular flexibility index (Phi) is 5.40. The van der Waals surface area contributed by atoms with Crippen LogP contribution in [0.25, 0.3) is 0 Å². The minimum atomic E-state index is -0.751. The van der Waals surface area contributed by atoms with E-state index in [0.29, 0.717) is 5.56 Å². The molecular formula is C16H23ClN2O2. The molecule has 0 aliphatic heterocycles. The lowest BCUT2D eigenvalue weighted by Gasteiger charge is -2.39. The number of halogens is 1. The molecular weight excluding hydrogens is 288 g/mol. The minimum absolute atomic E-state index is 0.180. The highest BCUT2D eigenvalue weighted by molar-refractivity contribution is 6.19. The van der Waals surface area contributed by atoms with Gasteiger partial charge in [-0.15, -0.1) is 11.6 Å². The molecule has 0 bridgehead atoms. The highest BCUT2D eigenvalue weighted by Gasteiger charge is 2.37. The van der Waals surface area contributed by atoms with Crippen molar-refractivity contribution < 1.29 is 9.59 Å². The fourth-order valence-electron chi connectivity index (χ4n) is 1.64. The molecule has 0 aliphatic rings. The van der Waals surface area contributed by atoms with Crippen LogP contribution in [0.5, 0.6) is 0 Å². The molecule has 0 aliphatic carbocycles. The number of carbonyl (C=O) groups is 2. The average Bonchev–Trinajstić information content (AvgIpc) is 2.43. The molecule has 5 heteroatoms. The topological polar surface area (TPSA) is 49.4 Å². The van der Waals surface area contributed by atoms with Gasteiger partial charge in [-0.25, -0.2) is 5.01 Å². The average molecular weight is 311 g/mol. The number of hydrogen-bond acceptors (Lipinski definition) is 2. The predicted octanol–water partition coefficient (Wildman–Crippen LogP) is 3.22. The molecule has 21 heavy (non-hydrogen) atoms. The second kappa shape index (κ2) is 6.48. The predicted molar refractivity (Wildman–Crippen MR) is 85.0 cm³/mol. The largest absolute Gasteiger partial charge is 0.272 e. The molecule has 1 N–H and O–H groups in total. The van der Waals surface area contributed by atoms with E-state index in [1.807, 2.05) is 26.8 Å². The van der Waals surface area contributed by atoms with Gasteiger partial charge in [0.1, 0.15) is 0 Å². The zero-order valence-electron chi connectivity index (χ0n) is 13.2. The first kappa shape index (κ1) is 17.5. The summed E-state index contributed by atoms with van der Waals surface area (Å²) in [6.07, 6.45) is 0. The van der Waals surface area contributed by atoms with Crippen LogP contribution in [0, 0.1) is 5.41 Å². The van der Waals surface area contributed by atoms with Crippen molar-refractivity contribution in [3.8, 4) is 0 Å². The Morgan fingerprint density at radius 3 is 2.05 bits per heavy atom. The summed E-state index contributed by atoms with van der Waals surface area (Å²) >= 11 is 5.88. The summed E-state index contributed by atoms with van der Waals surface area (Å²) in [5, 5.41) is 1.37. The molecule has 0 radical (unpaired) electrons. The van der Waals surface area contributed by atoms with Crippen LogP contribution < -0.4 is 5.43 Å². The summed E-state index contributed by atoms with van der Waals surface area (Å²) < 4.78 is 0. The van der Waals surface area contributed by atoms with Gasteiger partial charge in [0.25, 0.3) is 5.91 Å². The van der Waals surface area contributed by atoms with Crippen LogP contribution in [0.2, 0.25) is 0 Å². The van der Waals surface area contributed by atoms with Crippen molar-refractivity contribution in [2.75, 3.05) is 5.88 Å². The van der Waals surface area contributed by atoms with E-state index in [1.165, 1.54) is 5.01 Å². The van der Waals surface area contributed by atoms with Gasteiger partial charge >= 0.3 is 0 Å². The Balaban J connectivity index is 3.01. The Hall–Kier alpha value is -1.55. The highest BCUT2D eigenvalue weighted by atomic mass is 35.5. The van der Waals surface area contributed by atoms with Gasteiger partial charge in [-0.3, -0.25) is 15.0 Å². The molecule has 1 rings (SSSR count). The lowest BCUT2D eigenvalue weighted by molar-refractivity contribution is -0.147. The first-order chi connectivity index (χ1) is 9.59. The van der Waals surface area contributed by atoms with Gasteiger partial charge in [0.15, 0.2) is 0 Å². The van der Waals surface area contributed by atoms with Crippen molar-refractivity contribution in [1.29, 1.82) is 0 Å². The van der Waals surface area contributed by atoms with Crippen LogP contribution in [0.1, 0.15) is 45.0 Å². The maximum absolute atomic E-state index is 12.6. The maximum Gasteiger partial charge on any atom is 0.269 e. The van der Waals surface area contributed by atoms with Gasteiger partial charge in [-0.2, -0.15) is 0 Å². The lowest BCUT2D eigenvalue weighted by atomic mass is 9.92. The summed E-state index contributed by atoms with van der Waals surface area (Å²) in [4.78, 5) is 24.9. The van der Waals surface area contributed by atoms with Crippen LogP contribution in [0.3, 0.4) is 0 Å². The number of benzene rings is 1. The van der Waals surface area contributed by atoms with Crippen molar-refractivity contribution >= 4 is 23.4 Å². The van der Waals surface area contributed by atoms with Crippen LogP contribution in [-0.2, 0) is 4.79 Å². The van der Waals surface area contributed by atoms with E-state index in [1.54, 1.807) is 38.1 Å². The van der Waals surface area contributed by atoms with Crippen LogP contribution in [0.4, 0.5) is 0 Å². The van der Waals surface area contributed by atoms with Gasteiger partial charge in [-0.1, -0.05) is 18.2 Å². The summed E-state index contributed by atoms with van der Waals surface area (Å²) in [6.45, 7) is 9.10. The number of carbonyl (C=O) groups excluding carboxylic acids is 2. The molecule has 0 saturated carbocycles. The van der Waals surface area contributed by atoms with Gasteiger partial charge < -0.3 is 0 Å². The summed E-state index contributed by atoms with van der Waals surface area (Å²) in [5.41, 5.74) is 1.90. The fourth-order valence-corrected chi connectivity index (χ4v) is 1.75. The molecule has 0 atom stereocenters. The maximum atomic E-state index is 12.6. The molecule has 116 valence electrons. The lowest BCUT2D eigenvalue weighted by Crippen LogP contribution is -2.59. The quantitative estimate of drug-likeness (QED) is 0.688. The second-order valence-electron chi connectivity index (χ2n) is 6.64. The number of alkyl halides is 1. The number of rotatable bonds is 3. The van der Waals surface area contributed by atoms with Crippen molar-refractivity contribution in [2.45, 2.75) is 40.2 Å². The smallest absolute Gasteiger partial charge is 0.269 e. The van der Waals surface area contributed by atoms with Crippen molar-refractivity contribution in [2.24, 2.45) is 5.41 Å². The molecule has 4 nitrogen and oxygen atoms in total. The van der Waals surface area contributed by atoms with Gasteiger partial charge in [0, 0.05) is 11.4 Å². The molecule has 0 saturated heterocycles. The normalized spacial score (nSPS) is 11.9. The van der Waals surface area contributed by atoms with E-state index in [4.69, 9.17) is 11.6 Å². The Bertz CT molecular complexity index is 507. The van der Waals surface area contributed by atoms with E-state index in [9.17, 15) is 9.59 Å². The fraction of sp³-hybridized carbons (Fsp3) is 0.500. The van der Waals surface area contributed by atoms with Crippen molar-refractivity contribution in [3.05, 3.63) is 35.9 Å². The first-order valence-electron chi connectivity index (χ1n) is 6.86. The van der Waals surface area contributed by atoms with Crippen molar-refractivity contribution in [1.82, 2.24) is 10.4 Å². The number of hydrazine groups is 1. The Morgan fingerprint density at radius 2 is 1.62 bits per heavy atom. The number of amides is 2. The Morgan fingerprint density at radius 1 is 1.10 bits per heavy atom. The van der Waals surface area contributed by atoms with Gasteiger partial charge in [-0.05, 0) is 46.8 Å². The molecule has 1 aromatic carbocycles. The Labute approximate surface area is 131 Å². The third kappa shape index (κ3) is 4.46. The molecule has 0 fully saturated rings. The third-order valence-electron chi connectivity index (χ3n) is 3.04. The molecule has 0 heterocycles. The summed E-state index contributed by atoms with van der Waals surface area (Å²) in [6, 6.07) is 8.79. The van der Waals surface area contributed by atoms with Crippen molar-refractivity contribution in [3.63, 3.8) is 0 Å². The van der Waals surface area contributed by atoms with Crippen LogP contribution in [-0.4, -0.2) is 28.2 Å². The summed E-state index contributed by atoms with van der Waals surface area (Å²) in [7, 11) is 0.